The summed E-state index contributed by atoms with van der Waals surface area (Å²) in [4.78, 5) is 25.5. The number of likely N-dealkylation sites (tertiary alicyclic amines) is 1. The fourth-order valence-corrected chi connectivity index (χ4v) is 2.71. The van der Waals surface area contributed by atoms with E-state index in [0.717, 1.165) is 25.9 Å². The second-order valence-electron chi connectivity index (χ2n) is 5.83. The van der Waals surface area contributed by atoms with Crippen LogP contribution in [0.3, 0.4) is 0 Å². The number of nitrogens with zero attached hydrogens (tertiary/aromatic N) is 1. The zero-order valence-electron chi connectivity index (χ0n) is 12.6. The average Bonchev–Trinajstić information content (AvgIpc) is 2.47. The SMILES string of the molecule is CC(C)NC1CCN(C(=O)c2cccc(C(N)=O)c2)CC1. The highest BCUT2D eigenvalue weighted by Gasteiger charge is 2.24. The van der Waals surface area contributed by atoms with Crippen LogP contribution in [0.2, 0.25) is 0 Å². The van der Waals surface area contributed by atoms with E-state index in [1.54, 1.807) is 24.3 Å². The second kappa shape index (κ2) is 6.72. The first kappa shape index (κ1) is 15.5. The van der Waals surface area contributed by atoms with Crippen LogP contribution in [0.15, 0.2) is 24.3 Å². The maximum atomic E-state index is 12.5. The molecule has 0 spiro atoms. The van der Waals surface area contributed by atoms with Gasteiger partial charge in [0.05, 0.1) is 0 Å². The van der Waals surface area contributed by atoms with E-state index in [2.05, 4.69) is 19.2 Å². The van der Waals surface area contributed by atoms with E-state index >= 15 is 0 Å². The van der Waals surface area contributed by atoms with E-state index in [0.29, 0.717) is 23.2 Å². The molecule has 0 bridgehead atoms. The summed E-state index contributed by atoms with van der Waals surface area (Å²) in [6, 6.07) is 7.56. The van der Waals surface area contributed by atoms with E-state index in [1.807, 2.05) is 4.90 Å². The minimum absolute atomic E-state index is 0.0268. The minimum Gasteiger partial charge on any atom is -0.366 e. The number of amides is 2. The van der Waals surface area contributed by atoms with Gasteiger partial charge in [-0.25, -0.2) is 0 Å². The van der Waals surface area contributed by atoms with Gasteiger partial charge in [0.2, 0.25) is 5.91 Å². The predicted molar refractivity (Wildman–Crippen MR) is 82.2 cm³/mol. The number of piperidine rings is 1. The third kappa shape index (κ3) is 4.04. The van der Waals surface area contributed by atoms with Crippen molar-refractivity contribution in [2.45, 2.75) is 38.8 Å². The lowest BCUT2D eigenvalue weighted by atomic mass is 10.0. The summed E-state index contributed by atoms with van der Waals surface area (Å²) in [6.07, 6.45) is 1.92. The number of nitrogens with one attached hydrogen (secondary N) is 1. The Morgan fingerprint density at radius 2 is 1.86 bits per heavy atom. The van der Waals surface area contributed by atoms with Crippen LogP contribution in [-0.2, 0) is 0 Å². The van der Waals surface area contributed by atoms with Crippen molar-refractivity contribution < 1.29 is 9.59 Å². The zero-order chi connectivity index (χ0) is 15.4. The molecular weight excluding hydrogens is 266 g/mol. The zero-order valence-corrected chi connectivity index (χ0v) is 12.6. The Morgan fingerprint density at radius 1 is 1.24 bits per heavy atom. The number of rotatable bonds is 4. The fraction of sp³-hybridized carbons (Fsp3) is 0.500. The molecule has 1 saturated heterocycles. The van der Waals surface area contributed by atoms with Crippen LogP contribution in [-0.4, -0.2) is 41.9 Å². The fourth-order valence-electron chi connectivity index (χ4n) is 2.71. The van der Waals surface area contributed by atoms with Gasteiger partial charge in [0.1, 0.15) is 0 Å². The third-order valence-corrected chi connectivity index (χ3v) is 3.75. The maximum Gasteiger partial charge on any atom is 0.253 e. The summed E-state index contributed by atoms with van der Waals surface area (Å²) in [6.45, 7) is 5.74. The number of carbonyl (C=O) groups excluding carboxylic acids is 2. The molecule has 21 heavy (non-hydrogen) atoms. The number of carbonyl (C=O) groups is 2. The van der Waals surface area contributed by atoms with Crippen LogP contribution >= 0.6 is 0 Å². The molecule has 0 saturated carbocycles. The van der Waals surface area contributed by atoms with Gasteiger partial charge in [-0.2, -0.15) is 0 Å². The van der Waals surface area contributed by atoms with Crippen molar-refractivity contribution in [2.24, 2.45) is 5.73 Å². The van der Waals surface area contributed by atoms with Crippen molar-refractivity contribution >= 4 is 11.8 Å². The van der Waals surface area contributed by atoms with E-state index in [4.69, 9.17) is 5.73 Å². The highest BCUT2D eigenvalue weighted by atomic mass is 16.2. The van der Waals surface area contributed by atoms with Crippen LogP contribution in [0.1, 0.15) is 47.4 Å². The van der Waals surface area contributed by atoms with Gasteiger partial charge in [-0.15, -0.1) is 0 Å². The first-order chi connectivity index (χ1) is 9.97. The molecule has 3 N–H and O–H groups in total. The van der Waals surface area contributed by atoms with Crippen LogP contribution in [0.4, 0.5) is 0 Å². The second-order valence-corrected chi connectivity index (χ2v) is 5.83. The molecular formula is C16H23N3O2. The van der Waals surface area contributed by atoms with Crippen LogP contribution < -0.4 is 11.1 Å². The lowest BCUT2D eigenvalue weighted by Crippen LogP contribution is -2.46. The Morgan fingerprint density at radius 3 is 2.43 bits per heavy atom. The standard InChI is InChI=1S/C16H23N3O2/c1-11(2)18-14-6-8-19(9-7-14)16(21)13-5-3-4-12(10-13)15(17)20/h3-5,10-11,14,18H,6-9H2,1-2H3,(H2,17,20). The molecule has 5 nitrogen and oxygen atoms in total. The predicted octanol–water partition coefficient (Wildman–Crippen LogP) is 1.39. The normalized spacial score (nSPS) is 16.2. The highest BCUT2D eigenvalue weighted by molar-refractivity contribution is 5.99. The summed E-state index contributed by atoms with van der Waals surface area (Å²) in [5.41, 5.74) is 6.16. The van der Waals surface area contributed by atoms with E-state index in [1.165, 1.54) is 0 Å². The molecule has 2 rings (SSSR count). The summed E-state index contributed by atoms with van der Waals surface area (Å²) in [5.74, 6) is -0.536. The first-order valence-electron chi connectivity index (χ1n) is 7.42. The Balaban J connectivity index is 1.99. The molecule has 0 aliphatic carbocycles. The lowest BCUT2D eigenvalue weighted by Gasteiger charge is -2.33. The lowest BCUT2D eigenvalue weighted by molar-refractivity contribution is 0.0703. The van der Waals surface area contributed by atoms with Crippen molar-refractivity contribution in [3.63, 3.8) is 0 Å². The highest BCUT2D eigenvalue weighted by Crippen LogP contribution is 2.15. The molecule has 2 amide bonds. The molecule has 1 aromatic rings. The van der Waals surface area contributed by atoms with Crippen molar-refractivity contribution in [3.05, 3.63) is 35.4 Å². The number of hydrogen-bond donors (Lipinski definition) is 2. The summed E-state index contributed by atoms with van der Waals surface area (Å²) >= 11 is 0. The Hall–Kier alpha value is -1.88. The smallest absolute Gasteiger partial charge is 0.253 e. The summed E-state index contributed by atoms with van der Waals surface area (Å²) < 4.78 is 0. The van der Waals surface area contributed by atoms with Gasteiger partial charge in [-0.3, -0.25) is 9.59 Å². The molecule has 0 unspecified atom stereocenters. The van der Waals surface area contributed by atoms with E-state index in [9.17, 15) is 9.59 Å². The molecule has 1 fully saturated rings. The van der Waals surface area contributed by atoms with Gasteiger partial charge in [0.25, 0.3) is 5.91 Å². The molecule has 0 atom stereocenters. The van der Waals surface area contributed by atoms with Crippen LogP contribution in [0, 0.1) is 0 Å². The number of hydrogen-bond acceptors (Lipinski definition) is 3. The van der Waals surface area contributed by atoms with Crippen molar-refractivity contribution in [3.8, 4) is 0 Å². The first-order valence-corrected chi connectivity index (χ1v) is 7.42. The molecule has 1 aromatic carbocycles. The van der Waals surface area contributed by atoms with Gasteiger partial charge in [-0.1, -0.05) is 19.9 Å². The van der Waals surface area contributed by atoms with Gasteiger partial charge < -0.3 is 16.0 Å². The summed E-state index contributed by atoms with van der Waals surface area (Å²) in [5, 5.41) is 3.51. The monoisotopic (exact) mass is 289 g/mol. The Labute approximate surface area is 125 Å². The molecule has 5 heteroatoms. The number of primary amides is 1. The maximum absolute atomic E-state index is 12.5. The van der Waals surface area contributed by atoms with Gasteiger partial charge in [0, 0.05) is 36.3 Å². The number of nitrogens with two attached hydrogens (primary N) is 1. The number of benzene rings is 1. The van der Waals surface area contributed by atoms with Crippen molar-refractivity contribution in [2.75, 3.05) is 13.1 Å². The molecule has 114 valence electrons. The van der Waals surface area contributed by atoms with Gasteiger partial charge in [0.15, 0.2) is 0 Å². The quantitative estimate of drug-likeness (QED) is 0.879. The molecule has 1 aliphatic rings. The largest absolute Gasteiger partial charge is 0.366 e. The Bertz CT molecular complexity index is 520. The Kier molecular flexibility index (Phi) is 4.96. The molecule has 1 aliphatic heterocycles. The topological polar surface area (TPSA) is 75.4 Å². The van der Waals surface area contributed by atoms with Crippen LogP contribution in [0.25, 0.3) is 0 Å². The molecule has 1 heterocycles. The van der Waals surface area contributed by atoms with Gasteiger partial charge >= 0.3 is 0 Å². The minimum atomic E-state index is -0.510. The van der Waals surface area contributed by atoms with Crippen LogP contribution in [0.5, 0.6) is 0 Å². The molecule has 0 aromatic heterocycles. The van der Waals surface area contributed by atoms with Crippen molar-refractivity contribution in [1.82, 2.24) is 10.2 Å². The van der Waals surface area contributed by atoms with Gasteiger partial charge in [-0.05, 0) is 31.0 Å². The average molecular weight is 289 g/mol. The third-order valence-electron chi connectivity index (χ3n) is 3.75. The van der Waals surface area contributed by atoms with Crippen molar-refractivity contribution in [1.29, 1.82) is 0 Å². The molecule has 0 radical (unpaired) electrons. The van der Waals surface area contributed by atoms with E-state index < -0.39 is 5.91 Å². The van der Waals surface area contributed by atoms with E-state index in [-0.39, 0.29) is 5.91 Å². The summed E-state index contributed by atoms with van der Waals surface area (Å²) in [7, 11) is 0.